The van der Waals surface area contributed by atoms with Gasteiger partial charge in [-0.15, -0.1) is 0 Å². The molecule has 2 atom stereocenters. The fourth-order valence-electron chi connectivity index (χ4n) is 3.12. The minimum atomic E-state index is -0.450. The predicted octanol–water partition coefficient (Wildman–Crippen LogP) is 5.46. The van der Waals surface area contributed by atoms with Crippen molar-refractivity contribution in [1.82, 2.24) is 4.98 Å². The zero-order valence-electron chi connectivity index (χ0n) is 19.6. The fraction of sp³-hybridized carbons (Fsp3) is 0.480. The number of hydrogen-bond donors (Lipinski definition) is 2. The Labute approximate surface area is 181 Å². The first kappa shape index (κ1) is 25.5. The molecule has 0 spiro atoms. The van der Waals surface area contributed by atoms with E-state index in [1.165, 1.54) is 19.8 Å². The van der Waals surface area contributed by atoms with E-state index < -0.39 is 6.10 Å². The van der Waals surface area contributed by atoms with Crippen LogP contribution in [0.2, 0.25) is 0 Å². The lowest BCUT2D eigenvalue weighted by Crippen LogP contribution is -2.17. The number of methoxy groups -OCH3 is 2. The molecule has 2 N–H and O–H groups in total. The molecule has 1 rings (SSSR count). The van der Waals surface area contributed by atoms with Crippen molar-refractivity contribution in [2.24, 2.45) is 5.92 Å². The summed E-state index contributed by atoms with van der Waals surface area (Å²) in [6.07, 6.45) is 11.3. The minimum Gasteiger partial charge on any atom is -0.504 e. The van der Waals surface area contributed by atoms with Crippen molar-refractivity contribution in [1.29, 1.82) is 0 Å². The lowest BCUT2D eigenvalue weighted by Gasteiger charge is -2.16. The summed E-state index contributed by atoms with van der Waals surface area (Å²) in [6.45, 7) is 11.8. The van der Waals surface area contributed by atoms with Crippen molar-refractivity contribution >= 4 is 0 Å². The summed E-state index contributed by atoms with van der Waals surface area (Å²) in [5.74, 6) is 0.671. The number of aliphatic hydroxyl groups is 1. The van der Waals surface area contributed by atoms with E-state index in [1.807, 2.05) is 40.7 Å². The van der Waals surface area contributed by atoms with Gasteiger partial charge in [0.05, 0.1) is 26.0 Å². The molecule has 1 heterocycles. The zero-order valence-corrected chi connectivity index (χ0v) is 19.6. The van der Waals surface area contributed by atoms with Crippen molar-refractivity contribution in [3.63, 3.8) is 0 Å². The summed E-state index contributed by atoms with van der Waals surface area (Å²) in [6, 6.07) is 0. The number of ether oxygens (including phenoxy) is 2. The van der Waals surface area contributed by atoms with Crippen LogP contribution in [0, 0.1) is 12.8 Å². The summed E-state index contributed by atoms with van der Waals surface area (Å²) in [5.41, 5.74) is 4.76. The molecule has 0 amide bonds. The van der Waals surface area contributed by atoms with Gasteiger partial charge in [-0.3, -0.25) is 0 Å². The van der Waals surface area contributed by atoms with Crippen LogP contribution in [0.15, 0.2) is 47.1 Å². The van der Waals surface area contributed by atoms with Crippen molar-refractivity contribution in [2.45, 2.75) is 60.5 Å². The van der Waals surface area contributed by atoms with Gasteiger partial charge >= 0.3 is 0 Å². The number of allylic oxidation sites excluding steroid dienone is 6. The molecule has 0 saturated heterocycles. The van der Waals surface area contributed by atoms with Crippen LogP contribution >= 0.6 is 0 Å². The van der Waals surface area contributed by atoms with Crippen molar-refractivity contribution in [3.05, 3.63) is 58.4 Å². The van der Waals surface area contributed by atoms with Gasteiger partial charge in [0.1, 0.15) is 0 Å². The molecule has 5 heteroatoms. The maximum absolute atomic E-state index is 10.3. The first-order chi connectivity index (χ1) is 14.2. The van der Waals surface area contributed by atoms with Crippen LogP contribution in [-0.4, -0.2) is 35.5 Å². The minimum absolute atomic E-state index is 0.0641. The Morgan fingerprint density at radius 3 is 2.40 bits per heavy atom. The van der Waals surface area contributed by atoms with E-state index in [2.05, 4.69) is 36.2 Å². The summed E-state index contributed by atoms with van der Waals surface area (Å²) < 4.78 is 10.4. The van der Waals surface area contributed by atoms with Gasteiger partial charge in [0, 0.05) is 17.9 Å². The topological polar surface area (TPSA) is 71.8 Å². The van der Waals surface area contributed by atoms with E-state index in [1.54, 1.807) is 0 Å². The Morgan fingerprint density at radius 1 is 1.17 bits per heavy atom. The number of hydrogen-bond acceptors (Lipinski definition) is 5. The van der Waals surface area contributed by atoms with Crippen LogP contribution in [0.1, 0.15) is 52.3 Å². The van der Waals surface area contributed by atoms with Crippen LogP contribution in [0.4, 0.5) is 0 Å². The SMILES string of the molecule is C/C=C(\C)[C@@H](O)[C@@H](C)/C=C(C)/C=C/C/C(C)=C/Cc1nc(OC)c(OC)c(O)c1C. The van der Waals surface area contributed by atoms with E-state index >= 15 is 0 Å². The monoisotopic (exact) mass is 415 g/mol. The number of aromatic nitrogens is 1. The predicted molar refractivity (Wildman–Crippen MR) is 123 cm³/mol. The van der Waals surface area contributed by atoms with Gasteiger partial charge in [-0.05, 0) is 46.6 Å². The molecule has 0 aliphatic carbocycles. The van der Waals surface area contributed by atoms with E-state index in [4.69, 9.17) is 9.47 Å². The molecule has 0 bridgehead atoms. The van der Waals surface area contributed by atoms with E-state index in [0.29, 0.717) is 12.0 Å². The van der Waals surface area contributed by atoms with Crippen LogP contribution in [0.5, 0.6) is 17.4 Å². The summed E-state index contributed by atoms with van der Waals surface area (Å²) >= 11 is 0. The number of nitrogens with zero attached hydrogens (tertiary/aromatic N) is 1. The molecule has 1 aromatic rings. The van der Waals surface area contributed by atoms with Gasteiger partial charge in [-0.2, -0.15) is 0 Å². The van der Waals surface area contributed by atoms with Crippen LogP contribution < -0.4 is 9.47 Å². The summed E-state index contributed by atoms with van der Waals surface area (Å²) in [4.78, 5) is 4.47. The summed E-state index contributed by atoms with van der Waals surface area (Å²) in [5, 5.41) is 20.6. The molecule has 0 aliphatic heterocycles. The molecular weight excluding hydrogens is 378 g/mol. The van der Waals surface area contributed by atoms with Gasteiger partial charge in [0.2, 0.25) is 5.75 Å². The second-order valence-corrected chi connectivity index (χ2v) is 7.68. The Hall–Kier alpha value is -2.53. The average molecular weight is 416 g/mol. The highest BCUT2D eigenvalue weighted by Gasteiger charge is 2.17. The van der Waals surface area contributed by atoms with E-state index in [9.17, 15) is 10.2 Å². The molecule has 0 fully saturated rings. The standard InChI is InChI=1S/C25H37NO4/c1-9-18(4)22(27)19(5)15-17(3)12-10-11-16(2)13-14-21-20(6)23(28)24(29-7)25(26-21)30-8/h9-10,12-13,15,19,22,27H,11,14H2,1-8H3,(H,26,28)/b12-10+,16-13+,17-15+,18-9+/t19-,22+/m0/s1. The molecule has 5 nitrogen and oxygen atoms in total. The highest BCUT2D eigenvalue weighted by molar-refractivity contribution is 5.53. The molecule has 166 valence electrons. The van der Waals surface area contributed by atoms with Gasteiger partial charge in [0.25, 0.3) is 5.88 Å². The third-order valence-electron chi connectivity index (χ3n) is 5.24. The van der Waals surface area contributed by atoms with Crippen LogP contribution in [-0.2, 0) is 6.42 Å². The van der Waals surface area contributed by atoms with Gasteiger partial charge in [0.15, 0.2) is 5.75 Å². The normalized spacial score (nSPS) is 15.4. The number of rotatable bonds is 10. The van der Waals surface area contributed by atoms with Gasteiger partial charge in [-0.25, -0.2) is 4.98 Å². The Kier molecular flexibility index (Phi) is 10.4. The Bertz CT molecular complexity index is 834. The lowest BCUT2D eigenvalue weighted by molar-refractivity contribution is 0.173. The molecule has 1 aromatic heterocycles. The molecule has 0 unspecified atom stereocenters. The van der Waals surface area contributed by atoms with Crippen molar-refractivity contribution in [2.75, 3.05) is 14.2 Å². The van der Waals surface area contributed by atoms with Crippen molar-refractivity contribution < 1.29 is 19.7 Å². The van der Waals surface area contributed by atoms with E-state index in [-0.39, 0.29) is 23.3 Å². The Balaban J connectivity index is 2.79. The van der Waals surface area contributed by atoms with Crippen LogP contribution in [0.3, 0.4) is 0 Å². The maximum Gasteiger partial charge on any atom is 0.261 e. The molecule has 0 aliphatic rings. The molecule has 0 saturated carbocycles. The average Bonchev–Trinajstić information content (AvgIpc) is 2.73. The van der Waals surface area contributed by atoms with Gasteiger partial charge in [-0.1, -0.05) is 48.5 Å². The first-order valence-corrected chi connectivity index (χ1v) is 10.3. The fourth-order valence-corrected chi connectivity index (χ4v) is 3.12. The largest absolute Gasteiger partial charge is 0.504 e. The van der Waals surface area contributed by atoms with Crippen LogP contribution in [0.25, 0.3) is 0 Å². The quantitative estimate of drug-likeness (QED) is 0.392. The zero-order chi connectivity index (χ0) is 22.8. The number of pyridine rings is 1. The molecule has 30 heavy (non-hydrogen) atoms. The highest BCUT2D eigenvalue weighted by atomic mass is 16.5. The smallest absolute Gasteiger partial charge is 0.261 e. The third-order valence-corrected chi connectivity index (χ3v) is 5.24. The lowest BCUT2D eigenvalue weighted by atomic mass is 9.96. The number of aliphatic hydroxyl groups excluding tert-OH is 1. The van der Waals surface area contributed by atoms with Crippen molar-refractivity contribution in [3.8, 4) is 17.4 Å². The van der Waals surface area contributed by atoms with Gasteiger partial charge < -0.3 is 19.7 Å². The molecule has 0 aromatic carbocycles. The molecule has 0 radical (unpaired) electrons. The Morgan fingerprint density at radius 2 is 1.83 bits per heavy atom. The van der Waals surface area contributed by atoms with E-state index in [0.717, 1.165) is 23.3 Å². The number of aromatic hydroxyl groups is 1. The second-order valence-electron chi connectivity index (χ2n) is 7.68. The second kappa shape index (κ2) is 12.2. The first-order valence-electron chi connectivity index (χ1n) is 10.3. The third kappa shape index (κ3) is 7.06. The highest BCUT2D eigenvalue weighted by Crippen LogP contribution is 2.38. The molecular formula is C25H37NO4. The maximum atomic E-state index is 10.3. The summed E-state index contributed by atoms with van der Waals surface area (Å²) in [7, 11) is 2.99.